The van der Waals surface area contributed by atoms with E-state index >= 15 is 0 Å². The maximum atomic E-state index is 6.08. The van der Waals surface area contributed by atoms with Gasteiger partial charge in [0.05, 0.1) is 0 Å². The summed E-state index contributed by atoms with van der Waals surface area (Å²) >= 11 is 6.08. The van der Waals surface area contributed by atoms with Crippen LogP contribution in [0.15, 0.2) is 24.3 Å². The van der Waals surface area contributed by atoms with Crippen LogP contribution in [-0.2, 0) is 6.42 Å². The van der Waals surface area contributed by atoms with Crippen molar-refractivity contribution in [3.05, 3.63) is 34.9 Å². The second kappa shape index (κ2) is 9.39. The van der Waals surface area contributed by atoms with Gasteiger partial charge < -0.3 is 5.32 Å². The van der Waals surface area contributed by atoms with E-state index in [2.05, 4.69) is 44.3 Å². The summed E-state index contributed by atoms with van der Waals surface area (Å²) in [7, 11) is 0. The average Bonchev–Trinajstić information content (AvgIpc) is 2.41. The second-order valence-corrected chi connectivity index (χ2v) is 5.86. The Kier molecular flexibility index (Phi) is 8.16. The highest BCUT2D eigenvalue weighted by Crippen LogP contribution is 2.23. The van der Waals surface area contributed by atoms with Gasteiger partial charge in [0, 0.05) is 5.02 Å². The molecule has 0 aliphatic carbocycles. The van der Waals surface area contributed by atoms with Gasteiger partial charge in [-0.05, 0) is 55.5 Å². The Bertz CT molecular complexity index is 347. The van der Waals surface area contributed by atoms with Crippen molar-refractivity contribution < 1.29 is 0 Å². The van der Waals surface area contributed by atoms with Gasteiger partial charge in [-0.25, -0.2) is 0 Å². The molecule has 1 rings (SSSR count). The SMILES string of the molecule is CCNCC(Cc1cccc(Cl)c1)CC(CC)CC. The summed E-state index contributed by atoms with van der Waals surface area (Å²) in [5.74, 6) is 1.56. The number of benzene rings is 1. The molecule has 1 aromatic rings. The van der Waals surface area contributed by atoms with E-state index in [9.17, 15) is 0 Å². The molecular weight excluding hydrogens is 254 g/mol. The minimum Gasteiger partial charge on any atom is -0.317 e. The van der Waals surface area contributed by atoms with Crippen molar-refractivity contribution in [2.24, 2.45) is 11.8 Å². The molecule has 0 saturated carbocycles. The van der Waals surface area contributed by atoms with E-state index in [1.165, 1.54) is 24.8 Å². The van der Waals surface area contributed by atoms with Gasteiger partial charge >= 0.3 is 0 Å². The molecule has 1 unspecified atom stereocenters. The molecule has 0 bridgehead atoms. The van der Waals surface area contributed by atoms with Crippen molar-refractivity contribution in [2.45, 2.75) is 46.5 Å². The van der Waals surface area contributed by atoms with Crippen molar-refractivity contribution in [3.63, 3.8) is 0 Å². The van der Waals surface area contributed by atoms with E-state index in [-0.39, 0.29) is 0 Å². The molecular formula is C17H28ClN. The summed E-state index contributed by atoms with van der Waals surface area (Å²) < 4.78 is 0. The van der Waals surface area contributed by atoms with Crippen molar-refractivity contribution in [3.8, 4) is 0 Å². The Hall–Kier alpha value is -0.530. The largest absolute Gasteiger partial charge is 0.317 e. The molecule has 1 nitrogen and oxygen atoms in total. The molecule has 19 heavy (non-hydrogen) atoms. The lowest BCUT2D eigenvalue weighted by molar-refractivity contribution is 0.340. The van der Waals surface area contributed by atoms with Gasteiger partial charge in [-0.1, -0.05) is 57.3 Å². The van der Waals surface area contributed by atoms with Crippen molar-refractivity contribution in [2.75, 3.05) is 13.1 Å². The first-order chi connectivity index (χ1) is 9.19. The zero-order chi connectivity index (χ0) is 14.1. The van der Waals surface area contributed by atoms with Crippen LogP contribution in [0, 0.1) is 11.8 Å². The number of nitrogens with one attached hydrogen (secondary N) is 1. The third-order valence-electron chi connectivity index (χ3n) is 3.92. The van der Waals surface area contributed by atoms with Crippen LogP contribution in [0.25, 0.3) is 0 Å². The summed E-state index contributed by atoms with van der Waals surface area (Å²) in [6.45, 7) is 8.94. The van der Waals surface area contributed by atoms with E-state index < -0.39 is 0 Å². The predicted molar refractivity (Wildman–Crippen MR) is 85.9 cm³/mol. The maximum absolute atomic E-state index is 6.08. The quantitative estimate of drug-likeness (QED) is 0.676. The van der Waals surface area contributed by atoms with Crippen LogP contribution in [0.3, 0.4) is 0 Å². The van der Waals surface area contributed by atoms with E-state index in [0.717, 1.165) is 30.5 Å². The molecule has 0 spiro atoms. The van der Waals surface area contributed by atoms with Gasteiger partial charge in [0.15, 0.2) is 0 Å². The Morgan fingerprint density at radius 2 is 1.84 bits per heavy atom. The summed E-state index contributed by atoms with van der Waals surface area (Å²) in [5.41, 5.74) is 1.36. The normalized spacial score (nSPS) is 12.9. The van der Waals surface area contributed by atoms with Gasteiger partial charge in [0.1, 0.15) is 0 Å². The van der Waals surface area contributed by atoms with Gasteiger partial charge in [-0.3, -0.25) is 0 Å². The summed E-state index contributed by atoms with van der Waals surface area (Å²) in [4.78, 5) is 0. The molecule has 0 radical (unpaired) electrons. The number of hydrogen-bond acceptors (Lipinski definition) is 1. The fourth-order valence-corrected chi connectivity index (χ4v) is 2.89. The summed E-state index contributed by atoms with van der Waals surface area (Å²) in [6, 6.07) is 8.30. The van der Waals surface area contributed by atoms with Crippen LogP contribution >= 0.6 is 11.6 Å². The summed E-state index contributed by atoms with van der Waals surface area (Å²) in [5, 5.41) is 4.35. The zero-order valence-corrected chi connectivity index (χ0v) is 13.3. The number of hydrogen-bond donors (Lipinski definition) is 1. The molecule has 108 valence electrons. The first-order valence-corrected chi connectivity index (χ1v) is 8.02. The second-order valence-electron chi connectivity index (χ2n) is 5.43. The van der Waals surface area contributed by atoms with E-state index in [1.807, 2.05) is 6.07 Å². The van der Waals surface area contributed by atoms with E-state index in [0.29, 0.717) is 5.92 Å². The Balaban J connectivity index is 2.62. The molecule has 1 atom stereocenters. The van der Waals surface area contributed by atoms with Crippen LogP contribution in [0.5, 0.6) is 0 Å². The first kappa shape index (κ1) is 16.5. The Morgan fingerprint density at radius 3 is 2.42 bits per heavy atom. The monoisotopic (exact) mass is 281 g/mol. The van der Waals surface area contributed by atoms with Crippen molar-refractivity contribution in [1.29, 1.82) is 0 Å². The molecule has 1 aromatic carbocycles. The fourth-order valence-electron chi connectivity index (χ4n) is 2.68. The Morgan fingerprint density at radius 1 is 1.11 bits per heavy atom. The highest BCUT2D eigenvalue weighted by atomic mass is 35.5. The van der Waals surface area contributed by atoms with Crippen LogP contribution in [-0.4, -0.2) is 13.1 Å². The van der Waals surface area contributed by atoms with Crippen LogP contribution < -0.4 is 5.32 Å². The molecule has 2 heteroatoms. The van der Waals surface area contributed by atoms with Gasteiger partial charge in [-0.2, -0.15) is 0 Å². The Labute approximate surface area is 123 Å². The first-order valence-electron chi connectivity index (χ1n) is 7.64. The lowest BCUT2D eigenvalue weighted by Crippen LogP contribution is -2.26. The number of rotatable bonds is 9. The lowest BCUT2D eigenvalue weighted by atomic mass is 9.86. The average molecular weight is 282 g/mol. The van der Waals surface area contributed by atoms with Crippen LogP contribution in [0.1, 0.15) is 45.6 Å². The zero-order valence-electron chi connectivity index (χ0n) is 12.6. The molecule has 0 fully saturated rings. The minimum absolute atomic E-state index is 0.711. The minimum atomic E-state index is 0.711. The maximum Gasteiger partial charge on any atom is 0.0408 e. The standard InChI is InChI=1S/C17H28ClN/c1-4-14(5-2)10-16(13-19-6-3)11-15-8-7-9-17(18)12-15/h7-9,12,14,16,19H,4-6,10-11,13H2,1-3H3. The van der Waals surface area contributed by atoms with Gasteiger partial charge in [-0.15, -0.1) is 0 Å². The fraction of sp³-hybridized carbons (Fsp3) is 0.647. The van der Waals surface area contributed by atoms with Gasteiger partial charge in [0.2, 0.25) is 0 Å². The molecule has 0 aliphatic heterocycles. The molecule has 0 amide bonds. The highest BCUT2D eigenvalue weighted by molar-refractivity contribution is 6.30. The number of halogens is 1. The van der Waals surface area contributed by atoms with Crippen LogP contribution in [0.2, 0.25) is 5.02 Å². The van der Waals surface area contributed by atoms with E-state index in [4.69, 9.17) is 11.6 Å². The molecule has 0 aromatic heterocycles. The summed E-state index contributed by atoms with van der Waals surface area (Å²) in [6.07, 6.45) is 5.01. The molecule has 1 N–H and O–H groups in total. The highest BCUT2D eigenvalue weighted by Gasteiger charge is 2.14. The van der Waals surface area contributed by atoms with Crippen LogP contribution in [0.4, 0.5) is 0 Å². The van der Waals surface area contributed by atoms with Crippen molar-refractivity contribution >= 4 is 11.6 Å². The molecule has 0 saturated heterocycles. The topological polar surface area (TPSA) is 12.0 Å². The van der Waals surface area contributed by atoms with Crippen molar-refractivity contribution in [1.82, 2.24) is 5.32 Å². The lowest BCUT2D eigenvalue weighted by Gasteiger charge is -2.22. The third kappa shape index (κ3) is 6.44. The molecule has 0 aliphatic rings. The third-order valence-corrected chi connectivity index (χ3v) is 4.15. The van der Waals surface area contributed by atoms with Gasteiger partial charge in [0.25, 0.3) is 0 Å². The van der Waals surface area contributed by atoms with E-state index in [1.54, 1.807) is 0 Å². The predicted octanol–water partition coefficient (Wildman–Crippen LogP) is 4.93. The molecule has 0 heterocycles. The smallest absolute Gasteiger partial charge is 0.0408 e.